The second kappa shape index (κ2) is 12.5. The van der Waals surface area contributed by atoms with E-state index in [2.05, 4.69) is 21.0 Å². The Balaban J connectivity index is 1.31. The fourth-order valence-electron chi connectivity index (χ4n) is 4.28. The molecular formula is C23H33ClN4O2S2. The highest BCUT2D eigenvalue weighted by atomic mass is 35.5. The average molecular weight is 497 g/mol. The third-order valence-corrected chi connectivity index (χ3v) is 8.77. The van der Waals surface area contributed by atoms with Crippen molar-refractivity contribution in [2.45, 2.75) is 54.9 Å². The zero-order valence-corrected chi connectivity index (χ0v) is 21.0. The van der Waals surface area contributed by atoms with Gasteiger partial charge in [0.25, 0.3) is 0 Å². The van der Waals surface area contributed by atoms with Crippen LogP contribution in [0.5, 0.6) is 0 Å². The molecule has 3 heterocycles. The number of nitrogens with zero attached hydrogens (tertiary/aromatic N) is 2. The summed E-state index contributed by atoms with van der Waals surface area (Å²) in [6.07, 6.45) is 8.65. The molecule has 0 amide bonds. The maximum absolute atomic E-state index is 6.50. The SMILES string of the molecule is COCCNC1CCC(Nc2cc(-c3csc(SCC4CCOCC4)n3)c(Cl)cn2)CC1. The number of anilines is 1. The maximum atomic E-state index is 6.50. The number of hydrogen-bond donors (Lipinski definition) is 2. The topological polar surface area (TPSA) is 68.3 Å². The first-order valence-corrected chi connectivity index (χ1v) is 13.8. The summed E-state index contributed by atoms with van der Waals surface area (Å²) in [5.74, 6) is 2.72. The highest BCUT2D eigenvalue weighted by molar-refractivity contribution is 8.01. The molecule has 9 heteroatoms. The molecule has 2 fully saturated rings. The fourth-order valence-corrected chi connectivity index (χ4v) is 6.52. The summed E-state index contributed by atoms with van der Waals surface area (Å²) in [5.41, 5.74) is 1.89. The predicted molar refractivity (Wildman–Crippen MR) is 134 cm³/mol. The molecule has 32 heavy (non-hydrogen) atoms. The largest absolute Gasteiger partial charge is 0.383 e. The van der Waals surface area contributed by atoms with Crippen LogP contribution in [0.4, 0.5) is 5.82 Å². The second-order valence-electron chi connectivity index (χ2n) is 8.55. The summed E-state index contributed by atoms with van der Waals surface area (Å²) in [6, 6.07) is 3.08. The van der Waals surface area contributed by atoms with Crippen molar-refractivity contribution < 1.29 is 9.47 Å². The third-order valence-electron chi connectivity index (χ3n) is 6.22. The predicted octanol–water partition coefficient (Wildman–Crippen LogP) is 5.34. The quantitative estimate of drug-likeness (QED) is 0.340. The summed E-state index contributed by atoms with van der Waals surface area (Å²) in [6.45, 7) is 3.47. The first-order valence-electron chi connectivity index (χ1n) is 11.5. The molecule has 1 saturated heterocycles. The first-order chi connectivity index (χ1) is 15.7. The van der Waals surface area contributed by atoms with Crippen LogP contribution in [0.1, 0.15) is 38.5 Å². The van der Waals surface area contributed by atoms with Gasteiger partial charge in [0, 0.05) is 61.8 Å². The Hall–Kier alpha value is -0.900. The molecule has 0 aromatic carbocycles. The number of thioether (sulfide) groups is 1. The Morgan fingerprint density at radius 1 is 1.19 bits per heavy atom. The molecule has 2 aliphatic rings. The Labute approximate surface area is 204 Å². The van der Waals surface area contributed by atoms with Gasteiger partial charge in [-0.1, -0.05) is 23.4 Å². The summed E-state index contributed by atoms with van der Waals surface area (Å²) in [5, 5.41) is 9.95. The van der Waals surface area contributed by atoms with E-state index in [1.165, 1.54) is 12.8 Å². The van der Waals surface area contributed by atoms with Crippen LogP contribution in [0.2, 0.25) is 5.02 Å². The van der Waals surface area contributed by atoms with E-state index in [9.17, 15) is 0 Å². The lowest BCUT2D eigenvalue weighted by molar-refractivity contribution is 0.0728. The molecule has 176 valence electrons. The van der Waals surface area contributed by atoms with E-state index in [0.29, 0.717) is 17.1 Å². The number of halogens is 1. The van der Waals surface area contributed by atoms with E-state index in [0.717, 1.165) is 85.1 Å². The number of aromatic nitrogens is 2. The monoisotopic (exact) mass is 496 g/mol. The molecule has 0 bridgehead atoms. The van der Waals surface area contributed by atoms with Gasteiger partial charge >= 0.3 is 0 Å². The van der Waals surface area contributed by atoms with Gasteiger partial charge in [-0.25, -0.2) is 9.97 Å². The van der Waals surface area contributed by atoms with Gasteiger partial charge < -0.3 is 20.1 Å². The van der Waals surface area contributed by atoms with Crippen molar-refractivity contribution in [2.75, 3.05) is 44.5 Å². The molecule has 6 nitrogen and oxygen atoms in total. The van der Waals surface area contributed by atoms with Crippen LogP contribution in [-0.4, -0.2) is 61.3 Å². The zero-order valence-electron chi connectivity index (χ0n) is 18.6. The van der Waals surface area contributed by atoms with Crippen molar-refractivity contribution in [2.24, 2.45) is 5.92 Å². The Morgan fingerprint density at radius 3 is 2.75 bits per heavy atom. The van der Waals surface area contributed by atoms with Gasteiger partial charge in [-0.3, -0.25) is 0 Å². The molecular weight excluding hydrogens is 464 g/mol. The summed E-state index contributed by atoms with van der Waals surface area (Å²) >= 11 is 10.0. The molecule has 2 aromatic heterocycles. The van der Waals surface area contributed by atoms with E-state index < -0.39 is 0 Å². The summed E-state index contributed by atoms with van der Waals surface area (Å²) in [7, 11) is 1.74. The van der Waals surface area contributed by atoms with Gasteiger partial charge in [0.05, 0.1) is 17.3 Å². The average Bonchev–Trinajstić information content (AvgIpc) is 3.30. The van der Waals surface area contributed by atoms with E-state index in [4.69, 9.17) is 26.1 Å². The van der Waals surface area contributed by atoms with Crippen molar-refractivity contribution in [1.29, 1.82) is 0 Å². The minimum atomic E-state index is 0.443. The molecule has 4 rings (SSSR count). The highest BCUT2D eigenvalue weighted by Crippen LogP contribution is 2.35. The number of ether oxygens (including phenoxy) is 2. The molecule has 1 aliphatic carbocycles. The van der Waals surface area contributed by atoms with E-state index >= 15 is 0 Å². The maximum Gasteiger partial charge on any atom is 0.150 e. The molecule has 0 spiro atoms. The summed E-state index contributed by atoms with van der Waals surface area (Å²) < 4.78 is 11.7. The van der Waals surface area contributed by atoms with Crippen LogP contribution in [0.25, 0.3) is 11.3 Å². The minimum absolute atomic E-state index is 0.443. The van der Waals surface area contributed by atoms with E-state index in [1.54, 1.807) is 24.6 Å². The Bertz CT molecular complexity index is 839. The fraction of sp³-hybridized carbons (Fsp3) is 0.652. The van der Waals surface area contributed by atoms with Crippen LogP contribution < -0.4 is 10.6 Å². The first kappa shape index (κ1) is 24.2. The molecule has 2 aromatic rings. The van der Waals surface area contributed by atoms with Crippen molar-refractivity contribution in [3.63, 3.8) is 0 Å². The van der Waals surface area contributed by atoms with Gasteiger partial charge in [0.15, 0.2) is 4.34 Å². The highest BCUT2D eigenvalue weighted by Gasteiger charge is 2.21. The van der Waals surface area contributed by atoms with E-state index in [-0.39, 0.29) is 0 Å². The van der Waals surface area contributed by atoms with Crippen molar-refractivity contribution >= 4 is 40.5 Å². The molecule has 0 unspecified atom stereocenters. The lowest BCUT2D eigenvalue weighted by Crippen LogP contribution is -2.38. The number of nitrogens with one attached hydrogen (secondary N) is 2. The number of hydrogen-bond acceptors (Lipinski definition) is 8. The smallest absolute Gasteiger partial charge is 0.150 e. The number of thiazole rings is 1. The Kier molecular flexibility index (Phi) is 9.49. The van der Waals surface area contributed by atoms with Crippen LogP contribution >= 0.6 is 34.7 Å². The number of rotatable bonds is 10. The van der Waals surface area contributed by atoms with Gasteiger partial charge in [-0.2, -0.15) is 0 Å². The lowest BCUT2D eigenvalue weighted by Gasteiger charge is -2.30. The minimum Gasteiger partial charge on any atom is -0.383 e. The van der Waals surface area contributed by atoms with Gasteiger partial charge in [0.1, 0.15) is 5.82 Å². The van der Waals surface area contributed by atoms with Crippen LogP contribution in [0.15, 0.2) is 22.0 Å². The van der Waals surface area contributed by atoms with Crippen molar-refractivity contribution in [3.05, 3.63) is 22.7 Å². The number of pyridine rings is 1. The molecule has 1 saturated carbocycles. The van der Waals surface area contributed by atoms with Crippen molar-refractivity contribution in [1.82, 2.24) is 15.3 Å². The number of methoxy groups -OCH3 is 1. The third kappa shape index (κ3) is 7.05. The molecule has 0 atom stereocenters. The van der Waals surface area contributed by atoms with Gasteiger partial charge in [0.2, 0.25) is 0 Å². The lowest BCUT2D eigenvalue weighted by atomic mass is 9.91. The van der Waals surface area contributed by atoms with E-state index in [1.807, 2.05) is 17.8 Å². The van der Waals surface area contributed by atoms with Crippen LogP contribution in [0.3, 0.4) is 0 Å². The zero-order chi connectivity index (χ0) is 22.2. The van der Waals surface area contributed by atoms with Crippen LogP contribution in [0, 0.1) is 5.92 Å². The Morgan fingerprint density at radius 2 is 1.97 bits per heavy atom. The molecule has 1 aliphatic heterocycles. The van der Waals surface area contributed by atoms with Crippen molar-refractivity contribution in [3.8, 4) is 11.3 Å². The standard InChI is InChI=1S/C23H33ClN4O2S2/c1-29-11-8-25-17-2-4-18(5-3-17)27-22-12-19(20(24)13-26-22)21-15-32-23(28-21)31-14-16-6-9-30-10-7-16/h12-13,15-18,25H,2-11,14H2,1H3,(H,26,27). The van der Waals surface area contributed by atoms with Gasteiger partial charge in [-0.15, -0.1) is 11.3 Å². The molecule has 2 N–H and O–H groups in total. The normalized spacial score (nSPS) is 22.2. The summed E-state index contributed by atoms with van der Waals surface area (Å²) in [4.78, 5) is 9.38. The molecule has 0 radical (unpaired) electrons. The second-order valence-corrected chi connectivity index (χ2v) is 11.1. The van der Waals surface area contributed by atoms with Gasteiger partial charge in [-0.05, 0) is 50.5 Å². The van der Waals surface area contributed by atoms with Crippen LogP contribution in [-0.2, 0) is 9.47 Å².